The third-order valence-electron chi connectivity index (χ3n) is 4.13. The molecule has 2 amide bonds. The van der Waals surface area contributed by atoms with E-state index < -0.39 is 0 Å². The number of anilines is 3. The summed E-state index contributed by atoms with van der Waals surface area (Å²) in [6.07, 6.45) is 5.20. The molecule has 0 atom stereocenters. The molecule has 7 nitrogen and oxygen atoms in total. The first-order valence-electron chi connectivity index (χ1n) is 8.97. The Bertz CT molecular complexity index is 808. The number of benzene rings is 1. The van der Waals surface area contributed by atoms with Gasteiger partial charge < -0.3 is 15.5 Å². The van der Waals surface area contributed by atoms with Crippen LogP contribution in [0.1, 0.15) is 26.2 Å². The predicted octanol–water partition coefficient (Wildman–Crippen LogP) is 3.16. The second-order valence-corrected chi connectivity index (χ2v) is 7.36. The van der Waals surface area contributed by atoms with Gasteiger partial charge in [0, 0.05) is 37.5 Å². The minimum absolute atomic E-state index is 0.127. The van der Waals surface area contributed by atoms with Crippen molar-refractivity contribution in [3.8, 4) is 0 Å². The van der Waals surface area contributed by atoms with Crippen molar-refractivity contribution in [2.24, 2.45) is 0 Å². The molecule has 1 aromatic heterocycles. The van der Waals surface area contributed by atoms with Gasteiger partial charge in [-0.25, -0.2) is 9.97 Å². The number of thioether (sulfide) groups is 1. The van der Waals surface area contributed by atoms with Crippen LogP contribution in [-0.2, 0) is 9.59 Å². The molecule has 27 heavy (non-hydrogen) atoms. The van der Waals surface area contributed by atoms with E-state index in [1.807, 2.05) is 6.07 Å². The Kier molecular flexibility index (Phi) is 6.64. The van der Waals surface area contributed by atoms with Gasteiger partial charge in [0.25, 0.3) is 0 Å². The maximum atomic E-state index is 12.2. The van der Waals surface area contributed by atoms with E-state index in [9.17, 15) is 9.59 Å². The van der Waals surface area contributed by atoms with E-state index in [0.29, 0.717) is 11.4 Å². The van der Waals surface area contributed by atoms with Crippen LogP contribution in [0.3, 0.4) is 0 Å². The normalized spacial score (nSPS) is 13.9. The van der Waals surface area contributed by atoms with Crippen molar-refractivity contribution in [2.75, 3.05) is 34.4 Å². The van der Waals surface area contributed by atoms with E-state index in [4.69, 9.17) is 0 Å². The van der Waals surface area contributed by atoms with E-state index in [0.717, 1.165) is 23.9 Å². The molecule has 0 aliphatic carbocycles. The second kappa shape index (κ2) is 9.36. The lowest BCUT2D eigenvalue weighted by Crippen LogP contribution is -2.30. The monoisotopic (exact) mass is 385 g/mol. The minimum Gasteiger partial charge on any atom is -0.356 e. The Balaban J connectivity index is 1.54. The lowest BCUT2D eigenvalue weighted by molar-refractivity contribution is -0.114. The fourth-order valence-electron chi connectivity index (χ4n) is 2.92. The molecule has 1 fully saturated rings. The van der Waals surface area contributed by atoms with Crippen LogP contribution in [0, 0.1) is 0 Å². The zero-order valence-corrected chi connectivity index (χ0v) is 16.1. The third-order valence-corrected chi connectivity index (χ3v) is 5.05. The Morgan fingerprint density at radius 1 is 1.07 bits per heavy atom. The predicted molar refractivity (Wildman–Crippen MR) is 108 cm³/mol. The summed E-state index contributed by atoms with van der Waals surface area (Å²) in [6, 6.07) is 9.01. The van der Waals surface area contributed by atoms with Gasteiger partial charge in [0.05, 0.1) is 5.75 Å². The molecule has 2 aromatic rings. The second-order valence-electron chi connectivity index (χ2n) is 6.36. The largest absolute Gasteiger partial charge is 0.356 e. The standard InChI is InChI=1S/C19H23N5O2S/c1-14(25)22-15-6-5-7-16(10-15)23-18(26)12-27-19-11-17(20-13-21-19)24-8-3-2-4-9-24/h5-7,10-11,13H,2-4,8-9,12H2,1H3,(H,22,25)(H,23,26). The van der Waals surface area contributed by atoms with Crippen molar-refractivity contribution < 1.29 is 9.59 Å². The van der Waals surface area contributed by atoms with Crippen molar-refractivity contribution >= 4 is 40.8 Å². The van der Waals surface area contributed by atoms with Gasteiger partial charge in [-0.2, -0.15) is 0 Å². The minimum atomic E-state index is -0.151. The van der Waals surface area contributed by atoms with Gasteiger partial charge in [-0.15, -0.1) is 0 Å². The Hall–Kier alpha value is -2.61. The van der Waals surface area contributed by atoms with Gasteiger partial charge in [0.1, 0.15) is 17.2 Å². The quantitative estimate of drug-likeness (QED) is 0.587. The SMILES string of the molecule is CC(=O)Nc1cccc(NC(=O)CSc2cc(N3CCCCC3)ncn2)c1. The molecule has 2 heterocycles. The first-order valence-corrected chi connectivity index (χ1v) is 9.96. The van der Waals surface area contributed by atoms with E-state index in [-0.39, 0.29) is 17.6 Å². The summed E-state index contributed by atoms with van der Waals surface area (Å²) in [4.78, 5) is 34.2. The molecular formula is C19H23N5O2S. The molecule has 1 saturated heterocycles. The van der Waals surface area contributed by atoms with E-state index >= 15 is 0 Å². The molecule has 3 rings (SSSR count). The van der Waals surface area contributed by atoms with Crippen molar-refractivity contribution in [1.29, 1.82) is 0 Å². The van der Waals surface area contributed by atoms with Gasteiger partial charge >= 0.3 is 0 Å². The molecule has 8 heteroatoms. The Morgan fingerprint density at radius 3 is 2.56 bits per heavy atom. The molecule has 0 bridgehead atoms. The highest BCUT2D eigenvalue weighted by atomic mass is 32.2. The highest BCUT2D eigenvalue weighted by molar-refractivity contribution is 7.99. The number of hydrogen-bond donors (Lipinski definition) is 2. The molecule has 0 unspecified atom stereocenters. The average Bonchev–Trinajstić information content (AvgIpc) is 2.67. The number of amides is 2. The summed E-state index contributed by atoms with van der Waals surface area (Å²) in [5.74, 6) is 0.900. The highest BCUT2D eigenvalue weighted by Gasteiger charge is 2.13. The maximum Gasteiger partial charge on any atom is 0.234 e. The van der Waals surface area contributed by atoms with E-state index in [1.54, 1.807) is 30.6 Å². The van der Waals surface area contributed by atoms with Crippen molar-refractivity contribution in [1.82, 2.24) is 9.97 Å². The number of nitrogens with zero attached hydrogens (tertiary/aromatic N) is 3. The van der Waals surface area contributed by atoms with Crippen LogP contribution in [0.5, 0.6) is 0 Å². The summed E-state index contributed by atoms with van der Waals surface area (Å²) in [5, 5.41) is 6.32. The Labute approximate surface area is 163 Å². The molecule has 0 radical (unpaired) electrons. The topological polar surface area (TPSA) is 87.2 Å². The number of nitrogens with one attached hydrogen (secondary N) is 2. The van der Waals surface area contributed by atoms with Gasteiger partial charge in [-0.3, -0.25) is 9.59 Å². The lowest BCUT2D eigenvalue weighted by atomic mass is 10.1. The van der Waals surface area contributed by atoms with Crippen LogP contribution in [-0.4, -0.2) is 40.6 Å². The highest BCUT2D eigenvalue weighted by Crippen LogP contribution is 2.23. The molecule has 1 aromatic carbocycles. The van der Waals surface area contributed by atoms with Crippen LogP contribution in [0.4, 0.5) is 17.2 Å². The number of rotatable bonds is 6. The number of hydrogen-bond acceptors (Lipinski definition) is 6. The average molecular weight is 385 g/mol. The summed E-state index contributed by atoms with van der Waals surface area (Å²) in [7, 11) is 0. The lowest BCUT2D eigenvalue weighted by Gasteiger charge is -2.27. The van der Waals surface area contributed by atoms with Gasteiger partial charge in [-0.05, 0) is 37.5 Å². The first-order chi connectivity index (χ1) is 13.1. The van der Waals surface area contributed by atoms with Gasteiger partial charge in [0.2, 0.25) is 11.8 Å². The molecule has 142 valence electrons. The van der Waals surface area contributed by atoms with Gasteiger partial charge in [0.15, 0.2) is 0 Å². The van der Waals surface area contributed by atoms with Crippen LogP contribution >= 0.6 is 11.8 Å². The Morgan fingerprint density at radius 2 is 1.81 bits per heavy atom. The zero-order chi connectivity index (χ0) is 19.1. The van der Waals surface area contributed by atoms with Crippen molar-refractivity contribution in [2.45, 2.75) is 31.2 Å². The molecule has 1 aliphatic rings. The van der Waals surface area contributed by atoms with E-state index in [1.165, 1.54) is 37.9 Å². The maximum absolute atomic E-state index is 12.2. The van der Waals surface area contributed by atoms with Gasteiger partial charge in [-0.1, -0.05) is 17.8 Å². The number of piperidine rings is 1. The van der Waals surface area contributed by atoms with Crippen LogP contribution in [0.15, 0.2) is 41.7 Å². The van der Waals surface area contributed by atoms with Crippen molar-refractivity contribution in [3.63, 3.8) is 0 Å². The molecule has 0 saturated carbocycles. The van der Waals surface area contributed by atoms with Crippen LogP contribution in [0.2, 0.25) is 0 Å². The number of carbonyl (C=O) groups excluding carboxylic acids is 2. The van der Waals surface area contributed by atoms with Crippen LogP contribution < -0.4 is 15.5 Å². The zero-order valence-electron chi connectivity index (χ0n) is 15.3. The first kappa shape index (κ1) is 19.2. The van der Waals surface area contributed by atoms with Crippen molar-refractivity contribution in [3.05, 3.63) is 36.7 Å². The molecule has 1 aliphatic heterocycles. The fraction of sp³-hybridized carbons (Fsp3) is 0.368. The fourth-order valence-corrected chi connectivity index (χ4v) is 3.58. The third kappa shape index (κ3) is 5.96. The summed E-state index contributed by atoms with van der Waals surface area (Å²) >= 11 is 1.38. The molecule has 0 spiro atoms. The summed E-state index contributed by atoms with van der Waals surface area (Å²) < 4.78 is 0. The smallest absolute Gasteiger partial charge is 0.234 e. The molecule has 2 N–H and O–H groups in total. The number of carbonyl (C=O) groups is 2. The van der Waals surface area contributed by atoms with Crippen LogP contribution in [0.25, 0.3) is 0 Å². The van der Waals surface area contributed by atoms with E-state index in [2.05, 4.69) is 25.5 Å². The molecular weight excluding hydrogens is 362 g/mol. The number of aromatic nitrogens is 2. The summed E-state index contributed by atoms with van der Waals surface area (Å²) in [5.41, 5.74) is 1.29. The summed E-state index contributed by atoms with van der Waals surface area (Å²) in [6.45, 7) is 3.49.